The lowest BCUT2D eigenvalue weighted by Crippen LogP contribution is -2.45. The summed E-state index contributed by atoms with van der Waals surface area (Å²) in [6.07, 6.45) is 0.347. The van der Waals surface area contributed by atoms with Gasteiger partial charge in [0.1, 0.15) is 11.3 Å². The monoisotopic (exact) mass is 343 g/mol. The van der Waals surface area contributed by atoms with Crippen LogP contribution in [0.5, 0.6) is 0 Å². The fourth-order valence-corrected chi connectivity index (χ4v) is 3.35. The molecule has 2 atom stereocenters. The molecular weight excluding hydrogens is 318 g/mol. The van der Waals surface area contributed by atoms with Crippen molar-refractivity contribution in [3.63, 3.8) is 0 Å². The second kappa shape index (κ2) is 6.78. The number of nitrogens with one attached hydrogen (secondary N) is 2. The largest absolute Gasteiger partial charge is 0.459 e. The second-order valence-corrected chi connectivity index (χ2v) is 7.10. The van der Waals surface area contributed by atoms with E-state index in [1.807, 2.05) is 45.0 Å². The average molecular weight is 343 g/mol. The van der Waals surface area contributed by atoms with Crippen LogP contribution in [0.15, 0.2) is 28.7 Å². The molecule has 0 saturated carbocycles. The quantitative estimate of drug-likeness (QED) is 0.896. The average Bonchev–Trinajstić information content (AvgIpc) is 3.05. The first kappa shape index (κ1) is 17.3. The predicted octanol–water partition coefficient (Wildman–Crippen LogP) is 2.97. The van der Waals surface area contributed by atoms with Crippen LogP contribution in [0.3, 0.4) is 0 Å². The Morgan fingerprint density at radius 2 is 2.04 bits per heavy atom. The maximum absolute atomic E-state index is 12.4. The molecule has 0 radical (unpaired) electrons. The Hall–Kier alpha value is -2.50. The zero-order valence-corrected chi connectivity index (χ0v) is 15.1. The number of furan rings is 1. The van der Waals surface area contributed by atoms with Crippen molar-refractivity contribution < 1.29 is 14.0 Å². The van der Waals surface area contributed by atoms with Crippen LogP contribution in [0, 0.1) is 12.8 Å². The van der Waals surface area contributed by atoms with Crippen molar-refractivity contribution >= 4 is 22.9 Å². The van der Waals surface area contributed by atoms with Gasteiger partial charge < -0.3 is 20.0 Å². The summed E-state index contributed by atoms with van der Waals surface area (Å²) in [5, 5.41) is 6.97. The van der Waals surface area contributed by atoms with Gasteiger partial charge >= 0.3 is 6.03 Å². The normalized spacial score (nSPS) is 18.8. The fraction of sp³-hybridized carbons (Fsp3) is 0.474. The number of hydrogen-bond acceptors (Lipinski definition) is 3. The summed E-state index contributed by atoms with van der Waals surface area (Å²) >= 11 is 0. The molecule has 25 heavy (non-hydrogen) atoms. The molecule has 2 N–H and O–H groups in total. The number of benzene rings is 1. The highest BCUT2D eigenvalue weighted by Gasteiger charge is 2.30. The molecule has 0 spiro atoms. The van der Waals surface area contributed by atoms with Gasteiger partial charge in [-0.25, -0.2) is 4.79 Å². The molecular formula is C19H25N3O3. The molecule has 3 amide bonds. The molecule has 1 aliphatic heterocycles. The topological polar surface area (TPSA) is 74.6 Å². The summed E-state index contributed by atoms with van der Waals surface area (Å²) in [6, 6.07) is 7.22. The fourth-order valence-electron chi connectivity index (χ4n) is 3.35. The van der Waals surface area contributed by atoms with Gasteiger partial charge in [0.05, 0.1) is 12.1 Å². The van der Waals surface area contributed by atoms with Crippen molar-refractivity contribution in [1.82, 2.24) is 15.5 Å². The third kappa shape index (κ3) is 3.48. The third-order valence-corrected chi connectivity index (χ3v) is 4.79. The van der Waals surface area contributed by atoms with Crippen molar-refractivity contribution in [2.75, 3.05) is 13.6 Å². The maximum atomic E-state index is 12.4. The zero-order chi connectivity index (χ0) is 18.1. The van der Waals surface area contributed by atoms with E-state index in [1.54, 1.807) is 11.9 Å². The van der Waals surface area contributed by atoms with Gasteiger partial charge in [-0.05, 0) is 18.9 Å². The summed E-state index contributed by atoms with van der Waals surface area (Å²) in [5.74, 6) is 1.00. The second-order valence-electron chi connectivity index (χ2n) is 7.10. The summed E-state index contributed by atoms with van der Waals surface area (Å²) in [5.41, 5.74) is 1.87. The van der Waals surface area contributed by atoms with E-state index in [9.17, 15) is 9.59 Å². The van der Waals surface area contributed by atoms with E-state index < -0.39 is 0 Å². The Morgan fingerprint density at radius 1 is 1.32 bits per heavy atom. The molecule has 6 nitrogen and oxygen atoms in total. The van der Waals surface area contributed by atoms with Gasteiger partial charge in [0.2, 0.25) is 5.91 Å². The molecule has 2 heterocycles. The van der Waals surface area contributed by atoms with Crippen molar-refractivity contribution in [3.8, 4) is 0 Å². The van der Waals surface area contributed by atoms with Gasteiger partial charge in [-0.2, -0.15) is 0 Å². The lowest BCUT2D eigenvalue weighted by molar-refractivity contribution is -0.126. The number of fused-ring (bicyclic) bond motifs is 1. The zero-order valence-electron chi connectivity index (χ0n) is 15.1. The number of carbonyl (C=O) groups is 2. The Balaban J connectivity index is 1.76. The third-order valence-electron chi connectivity index (χ3n) is 4.79. The van der Waals surface area contributed by atoms with E-state index in [-0.39, 0.29) is 29.9 Å². The highest BCUT2D eigenvalue weighted by Crippen LogP contribution is 2.32. The minimum atomic E-state index is -0.272. The van der Waals surface area contributed by atoms with Crippen LogP contribution in [0.4, 0.5) is 4.79 Å². The Kier molecular flexibility index (Phi) is 4.70. The summed E-state index contributed by atoms with van der Waals surface area (Å²) in [6.45, 7) is 6.65. The number of rotatable bonds is 4. The van der Waals surface area contributed by atoms with Crippen LogP contribution < -0.4 is 10.6 Å². The van der Waals surface area contributed by atoms with E-state index in [0.29, 0.717) is 13.0 Å². The molecule has 3 rings (SSSR count). The van der Waals surface area contributed by atoms with Crippen molar-refractivity contribution in [2.45, 2.75) is 39.3 Å². The van der Waals surface area contributed by atoms with Gasteiger partial charge in [-0.3, -0.25) is 4.79 Å². The predicted molar refractivity (Wildman–Crippen MR) is 96.2 cm³/mol. The van der Waals surface area contributed by atoms with Crippen LogP contribution in [0.25, 0.3) is 11.0 Å². The number of urea groups is 1. The van der Waals surface area contributed by atoms with E-state index in [4.69, 9.17) is 4.42 Å². The molecule has 1 aromatic carbocycles. The molecule has 1 aromatic heterocycles. The van der Waals surface area contributed by atoms with Crippen molar-refractivity contribution in [1.29, 1.82) is 0 Å². The first-order valence-electron chi connectivity index (χ1n) is 8.66. The number of hydrogen-bond donors (Lipinski definition) is 2. The van der Waals surface area contributed by atoms with Gasteiger partial charge in [-0.15, -0.1) is 0 Å². The molecule has 1 aliphatic rings. The summed E-state index contributed by atoms with van der Waals surface area (Å²) in [7, 11) is 1.75. The minimum absolute atomic E-state index is 0.0545. The maximum Gasteiger partial charge on any atom is 0.315 e. The minimum Gasteiger partial charge on any atom is -0.459 e. The van der Waals surface area contributed by atoms with Gasteiger partial charge in [-0.1, -0.05) is 32.0 Å². The molecule has 1 fully saturated rings. The highest BCUT2D eigenvalue weighted by atomic mass is 16.3. The number of aryl methyl sites for hydroxylation is 1. The van der Waals surface area contributed by atoms with Crippen LogP contribution in [0.2, 0.25) is 0 Å². The number of para-hydroxylation sites is 1. The van der Waals surface area contributed by atoms with Crippen LogP contribution in [-0.4, -0.2) is 36.5 Å². The first-order chi connectivity index (χ1) is 11.9. The summed E-state index contributed by atoms with van der Waals surface area (Å²) in [4.78, 5) is 25.7. The van der Waals surface area contributed by atoms with E-state index in [1.165, 1.54) is 0 Å². The lowest BCUT2D eigenvalue weighted by atomic mass is 9.98. The standard InChI is InChI=1S/C19H25N3O3/c1-11(2)17(18-12(3)14-7-5-6-8-15(14)25-18)21-19(24)20-13-9-16(23)22(4)10-13/h5-8,11,13,17H,9-10H2,1-4H3,(H2,20,21,24). The number of carbonyl (C=O) groups excluding carboxylic acids is 2. The number of nitrogens with zero attached hydrogens (tertiary/aromatic N) is 1. The van der Waals surface area contributed by atoms with E-state index >= 15 is 0 Å². The van der Waals surface area contributed by atoms with Gasteiger partial charge in [0.15, 0.2) is 0 Å². The number of likely N-dealkylation sites (N-methyl/N-ethyl adjacent to an activating group) is 1. The van der Waals surface area contributed by atoms with Gasteiger partial charge in [0, 0.05) is 31.0 Å². The highest BCUT2D eigenvalue weighted by molar-refractivity contribution is 5.83. The Labute approximate surface area is 147 Å². The molecule has 134 valence electrons. The van der Waals surface area contributed by atoms with Crippen LogP contribution in [0.1, 0.15) is 37.6 Å². The molecule has 1 saturated heterocycles. The van der Waals surface area contributed by atoms with E-state index in [2.05, 4.69) is 10.6 Å². The van der Waals surface area contributed by atoms with Crippen molar-refractivity contribution in [2.24, 2.45) is 5.92 Å². The molecule has 2 aromatic rings. The lowest BCUT2D eigenvalue weighted by Gasteiger charge is -2.22. The van der Waals surface area contributed by atoms with Crippen LogP contribution in [-0.2, 0) is 4.79 Å². The Bertz CT molecular complexity index is 796. The molecule has 6 heteroatoms. The summed E-state index contributed by atoms with van der Waals surface area (Å²) < 4.78 is 6.02. The first-order valence-corrected chi connectivity index (χ1v) is 8.66. The number of amides is 3. The Morgan fingerprint density at radius 3 is 2.64 bits per heavy atom. The van der Waals surface area contributed by atoms with Crippen LogP contribution >= 0.6 is 0 Å². The molecule has 0 bridgehead atoms. The van der Waals surface area contributed by atoms with Gasteiger partial charge in [0.25, 0.3) is 0 Å². The van der Waals surface area contributed by atoms with E-state index in [0.717, 1.165) is 22.3 Å². The number of likely N-dealkylation sites (tertiary alicyclic amines) is 1. The molecule has 0 aliphatic carbocycles. The molecule has 2 unspecified atom stereocenters. The smallest absolute Gasteiger partial charge is 0.315 e. The van der Waals surface area contributed by atoms with Crippen molar-refractivity contribution in [3.05, 3.63) is 35.6 Å². The SMILES string of the molecule is Cc1c(C(NC(=O)NC2CC(=O)N(C)C2)C(C)C)oc2ccccc12.